The molecule has 0 aliphatic heterocycles. The molecule has 0 saturated heterocycles. The van der Waals surface area contributed by atoms with Crippen LogP contribution >= 0.6 is 11.6 Å². The Morgan fingerprint density at radius 1 is 1.42 bits per heavy atom. The first-order valence-electron chi connectivity index (χ1n) is 2.40. The van der Waals surface area contributed by atoms with E-state index in [-0.39, 0.29) is 59.1 Å². The summed E-state index contributed by atoms with van der Waals surface area (Å²) in [6.07, 6.45) is -0.693. The van der Waals surface area contributed by atoms with Crippen LogP contribution < -0.4 is 69.3 Å². The van der Waals surface area contributed by atoms with Crippen molar-refractivity contribution in [3.63, 3.8) is 0 Å². The summed E-state index contributed by atoms with van der Waals surface area (Å²) in [6.45, 7) is 8.35. The molecule has 0 atom stereocenters. The predicted molar refractivity (Wildman–Crippen MR) is 37.3 cm³/mol. The Morgan fingerprint density at radius 3 is 1.50 bits per heavy atom. The molecule has 0 aromatic heterocycles. The second-order valence-electron chi connectivity index (χ2n) is 0.693. The summed E-state index contributed by atoms with van der Waals surface area (Å²) in [6, 6.07) is 0. The van der Waals surface area contributed by atoms with E-state index < -0.39 is 6.16 Å². The van der Waals surface area contributed by atoms with Gasteiger partial charge in [-0.25, -0.2) is 0 Å². The smallest absolute Gasteiger partial charge is 0.652 e. The standard InChI is InChI=1S/C3H5Cl.C2H5.CH2O3.2Na/c1-2-3-4;1-2;2-1(3)4;;/h2H,1,3H2;1H2,2H3;(H2,2,3,4);;/q;;;2*+1/p-2. The fraction of sp³-hybridized carbons (Fsp3) is 0.333. The first kappa shape index (κ1) is 29.2. The number of carboxylic acid groups (broad SMARTS) is 2. The van der Waals surface area contributed by atoms with Crippen molar-refractivity contribution in [3.05, 3.63) is 19.6 Å². The van der Waals surface area contributed by atoms with Crippen LogP contribution in [0.5, 0.6) is 0 Å². The van der Waals surface area contributed by atoms with Gasteiger partial charge in [0.25, 0.3) is 0 Å². The number of alkyl halides is 1. The van der Waals surface area contributed by atoms with Crippen LogP contribution in [-0.4, -0.2) is 12.0 Å². The van der Waals surface area contributed by atoms with Gasteiger partial charge >= 0.3 is 59.1 Å². The molecule has 6 heteroatoms. The summed E-state index contributed by atoms with van der Waals surface area (Å²) < 4.78 is 0. The molecule has 61 valence electrons. The summed E-state index contributed by atoms with van der Waals surface area (Å²) in [7, 11) is 0. The molecule has 0 spiro atoms. The summed E-state index contributed by atoms with van der Waals surface area (Å²) in [5.74, 6) is 0.556. The second-order valence-corrected chi connectivity index (χ2v) is 1.00. The molecule has 0 rings (SSSR count). The van der Waals surface area contributed by atoms with Crippen molar-refractivity contribution in [3.8, 4) is 0 Å². The van der Waals surface area contributed by atoms with Crippen molar-refractivity contribution in [2.75, 3.05) is 5.88 Å². The SMILES string of the molecule is C=CCCl.O=C([O-])[O-].[CH2]C.[Na+].[Na+]. The third-order valence-electron chi connectivity index (χ3n) is 0.109. The molecule has 0 unspecified atom stereocenters. The third-order valence-corrected chi connectivity index (χ3v) is 0.327. The zero-order valence-electron chi connectivity index (χ0n) is 7.80. The van der Waals surface area contributed by atoms with E-state index in [1.165, 1.54) is 0 Å². The summed E-state index contributed by atoms with van der Waals surface area (Å²) in [5.41, 5.74) is 0. The number of rotatable bonds is 1. The van der Waals surface area contributed by atoms with Crippen molar-refractivity contribution in [2.45, 2.75) is 6.92 Å². The van der Waals surface area contributed by atoms with Crippen molar-refractivity contribution in [1.29, 1.82) is 0 Å². The molecule has 0 aromatic carbocycles. The van der Waals surface area contributed by atoms with Gasteiger partial charge in [-0.05, 0) is 6.16 Å². The maximum absolute atomic E-state index is 8.33. The van der Waals surface area contributed by atoms with E-state index in [4.69, 9.17) is 26.6 Å². The minimum atomic E-state index is -2.33. The van der Waals surface area contributed by atoms with Crippen LogP contribution in [0.4, 0.5) is 4.79 Å². The zero-order chi connectivity index (χ0) is 8.99. The molecule has 0 fully saturated rings. The van der Waals surface area contributed by atoms with E-state index in [1.54, 1.807) is 13.0 Å². The minimum Gasteiger partial charge on any atom is -0.652 e. The van der Waals surface area contributed by atoms with Gasteiger partial charge in [0.2, 0.25) is 0 Å². The number of hydrogen-bond donors (Lipinski definition) is 0. The molecule has 3 nitrogen and oxygen atoms in total. The Balaban J connectivity index is -0.0000000198. The number of hydrogen-bond acceptors (Lipinski definition) is 3. The summed E-state index contributed by atoms with van der Waals surface area (Å²) >= 11 is 5.07. The maximum atomic E-state index is 8.33. The third kappa shape index (κ3) is 227. The van der Waals surface area contributed by atoms with Crippen LogP contribution in [0, 0.1) is 6.92 Å². The quantitative estimate of drug-likeness (QED) is 0.246. The maximum Gasteiger partial charge on any atom is 1.00 e. The first-order valence-corrected chi connectivity index (χ1v) is 2.94. The topological polar surface area (TPSA) is 63.2 Å². The number of halogens is 1. The average Bonchev–Trinajstić information content (AvgIpc) is 1.91. The Labute approximate surface area is 123 Å². The number of carbonyl (C=O) groups is 1. The summed E-state index contributed by atoms with van der Waals surface area (Å²) in [5, 5.41) is 16.7. The van der Waals surface area contributed by atoms with Crippen LogP contribution in [0.25, 0.3) is 0 Å². The monoisotopic (exact) mass is 211 g/mol. The molecule has 0 heterocycles. The first-order chi connectivity index (χ1) is 4.65. The largest absolute Gasteiger partial charge is 1.00 e. The Morgan fingerprint density at radius 2 is 1.50 bits per heavy atom. The van der Waals surface area contributed by atoms with Gasteiger partial charge < -0.3 is 15.0 Å². The van der Waals surface area contributed by atoms with Gasteiger partial charge in [0, 0.05) is 5.88 Å². The van der Waals surface area contributed by atoms with E-state index in [2.05, 4.69) is 13.5 Å². The van der Waals surface area contributed by atoms with Gasteiger partial charge in [0.05, 0.1) is 0 Å². The Kier molecular flexibility index (Phi) is 96.3. The van der Waals surface area contributed by atoms with Crippen LogP contribution in [0.2, 0.25) is 0 Å². The predicted octanol–water partition coefficient (Wildman–Crippen LogP) is -6.19. The Bertz CT molecular complexity index is 77.2. The van der Waals surface area contributed by atoms with Gasteiger partial charge in [-0.3, -0.25) is 0 Å². The van der Waals surface area contributed by atoms with Gasteiger partial charge in [0.15, 0.2) is 0 Å². The molecule has 0 amide bonds. The van der Waals surface area contributed by atoms with Gasteiger partial charge in [-0.15, -0.1) is 18.2 Å². The van der Waals surface area contributed by atoms with Crippen molar-refractivity contribution >= 4 is 17.8 Å². The fourth-order valence-electron chi connectivity index (χ4n) is 0. The molecule has 0 aliphatic carbocycles. The molecule has 1 radical (unpaired) electrons. The molecule has 12 heavy (non-hydrogen) atoms. The Hall–Kier alpha value is 1.30. The summed E-state index contributed by atoms with van der Waals surface area (Å²) in [4.78, 5) is 8.33. The molecule has 0 N–H and O–H groups in total. The number of carbonyl (C=O) groups excluding carboxylic acids is 1. The van der Waals surface area contributed by atoms with Crippen molar-refractivity contribution in [1.82, 2.24) is 0 Å². The van der Waals surface area contributed by atoms with Crippen LogP contribution in [0.3, 0.4) is 0 Å². The van der Waals surface area contributed by atoms with Crippen LogP contribution in [-0.2, 0) is 0 Å². The number of allylic oxidation sites excluding steroid dienone is 1. The molecular formula is C6H10ClNa2O3. The van der Waals surface area contributed by atoms with Gasteiger partial charge in [0.1, 0.15) is 0 Å². The van der Waals surface area contributed by atoms with Crippen molar-refractivity contribution in [2.24, 2.45) is 0 Å². The molecule has 0 bridgehead atoms. The minimum absolute atomic E-state index is 0. The fourth-order valence-corrected chi connectivity index (χ4v) is 0. The van der Waals surface area contributed by atoms with Gasteiger partial charge in [-0.1, -0.05) is 19.9 Å². The molecule has 0 aromatic rings. The second kappa shape index (κ2) is 39.6. The van der Waals surface area contributed by atoms with Crippen LogP contribution in [0.1, 0.15) is 6.92 Å². The van der Waals surface area contributed by atoms with E-state index >= 15 is 0 Å². The van der Waals surface area contributed by atoms with E-state index in [9.17, 15) is 0 Å². The normalized spacial score (nSPS) is 4.58. The van der Waals surface area contributed by atoms with E-state index in [1.807, 2.05) is 0 Å². The zero-order valence-corrected chi connectivity index (χ0v) is 12.6. The van der Waals surface area contributed by atoms with E-state index in [0.29, 0.717) is 5.88 Å². The molecular weight excluding hydrogens is 201 g/mol. The van der Waals surface area contributed by atoms with Crippen molar-refractivity contribution < 1.29 is 74.1 Å². The molecule has 0 saturated carbocycles. The van der Waals surface area contributed by atoms with Gasteiger partial charge in [-0.2, -0.15) is 0 Å². The van der Waals surface area contributed by atoms with Crippen LogP contribution in [0.15, 0.2) is 12.7 Å². The molecule has 0 aliphatic rings. The van der Waals surface area contributed by atoms with E-state index in [0.717, 1.165) is 0 Å². The average molecular weight is 212 g/mol.